The number of rotatable bonds is 3. The molecule has 2 nitrogen and oxygen atoms in total. The number of halogens is 4. The van der Waals surface area contributed by atoms with Gasteiger partial charge in [-0.15, -0.1) is 13.2 Å². The van der Waals surface area contributed by atoms with Crippen LogP contribution in [0.1, 0.15) is 23.2 Å². The molecular weight excluding hydrogens is 240 g/mol. The third-order valence-corrected chi connectivity index (χ3v) is 2.40. The van der Waals surface area contributed by atoms with Crippen LogP contribution in [0.5, 0.6) is 5.75 Å². The topological polar surface area (TPSA) is 26.3 Å². The van der Waals surface area contributed by atoms with E-state index in [0.717, 1.165) is 6.07 Å². The van der Waals surface area contributed by atoms with Crippen molar-refractivity contribution >= 4 is 5.78 Å². The lowest BCUT2D eigenvalue weighted by atomic mass is 10.1. The predicted octanol–water partition coefficient (Wildman–Crippen LogP) is 3.32. The van der Waals surface area contributed by atoms with Crippen LogP contribution in [0.4, 0.5) is 17.6 Å². The van der Waals surface area contributed by atoms with Gasteiger partial charge in [-0.25, -0.2) is 4.39 Å². The summed E-state index contributed by atoms with van der Waals surface area (Å²) in [6.07, 6.45) is -3.66. The molecule has 6 heteroatoms. The molecule has 0 bridgehead atoms. The molecule has 1 aliphatic rings. The molecule has 2 rings (SSSR count). The fraction of sp³-hybridized carbons (Fsp3) is 0.364. The molecule has 0 unspecified atom stereocenters. The van der Waals surface area contributed by atoms with Crippen molar-refractivity contribution in [3.63, 3.8) is 0 Å². The van der Waals surface area contributed by atoms with E-state index in [1.807, 2.05) is 0 Å². The van der Waals surface area contributed by atoms with Gasteiger partial charge in [0, 0.05) is 5.92 Å². The van der Waals surface area contributed by atoms with Crippen LogP contribution in [0, 0.1) is 11.7 Å². The van der Waals surface area contributed by atoms with Crippen molar-refractivity contribution in [2.24, 2.45) is 5.92 Å². The lowest BCUT2D eigenvalue weighted by Crippen LogP contribution is -2.19. The number of ether oxygens (including phenoxy) is 1. The first kappa shape index (κ1) is 11.9. The van der Waals surface area contributed by atoms with Crippen LogP contribution in [-0.2, 0) is 0 Å². The van der Waals surface area contributed by atoms with Crippen LogP contribution < -0.4 is 4.74 Å². The number of carbonyl (C=O) groups is 1. The molecule has 92 valence electrons. The van der Waals surface area contributed by atoms with Gasteiger partial charge in [-0.1, -0.05) is 6.07 Å². The standard InChI is InChI=1S/C11H8F4O2/c12-9-7(10(16)6-4-5-6)2-1-3-8(9)17-11(13,14)15/h1-3,6H,4-5H2. The molecule has 0 spiro atoms. The fourth-order valence-corrected chi connectivity index (χ4v) is 1.47. The molecule has 0 heterocycles. The summed E-state index contributed by atoms with van der Waals surface area (Å²) in [4.78, 5) is 11.6. The highest BCUT2D eigenvalue weighted by atomic mass is 19.4. The number of alkyl halides is 3. The predicted molar refractivity (Wildman–Crippen MR) is 50.1 cm³/mol. The minimum Gasteiger partial charge on any atom is -0.403 e. The summed E-state index contributed by atoms with van der Waals surface area (Å²) in [6.45, 7) is 0. The van der Waals surface area contributed by atoms with Gasteiger partial charge in [0.05, 0.1) is 5.56 Å². The quantitative estimate of drug-likeness (QED) is 0.606. The maximum atomic E-state index is 13.6. The average Bonchev–Trinajstić information content (AvgIpc) is 3.01. The number of carbonyl (C=O) groups excluding carboxylic acids is 1. The van der Waals surface area contributed by atoms with Crippen LogP contribution in [0.15, 0.2) is 18.2 Å². The molecule has 0 N–H and O–H groups in total. The van der Waals surface area contributed by atoms with Crippen LogP contribution in [-0.4, -0.2) is 12.1 Å². The van der Waals surface area contributed by atoms with E-state index in [0.29, 0.717) is 12.8 Å². The van der Waals surface area contributed by atoms with Crippen LogP contribution in [0.3, 0.4) is 0 Å². The van der Waals surface area contributed by atoms with E-state index < -0.39 is 23.7 Å². The summed E-state index contributed by atoms with van der Waals surface area (Å²) >= 11 is 0. The third kappa shape index (κ3) is 2.75. The van der Waals surface area contributed by atoms with Crippen molar-refractivity contribution < 1.29 is 27.1 Å². The fourth-order valence-electron chi connectivity index (χ4n) is 1.47. The van der Waals surface area contributed by atoms with Crippen LogP contribution >= 0.6 is 0 Å². The Morgan fingerprint density at radius 2 is 1.94 bits per heavy atom. The van der Waals surface area contributed by atoms with Gasteiger partial charge in [-0.3, -0.25) is 4.79 Å². The lowest BCUT2D eigenvalue weighted by Gasteiger charge is -2.11. The molecule has 0 atom stereocenters. The number of Topliss-reactive ketones (excluding diaryl/α,β-unsaturated/α-hetero) is 1. The van der Waals surface area contributed by atoms with Gasteiger partial charge in [0.15, 0.2) is 17.3 Å². The van der Waals surface area contributed by atoms with Gasteiger partial charge in [0.1, 0.15) is 0 Å². The van der Waals surface area contributed by atoms with E-state index >= 15 is 0 Å². The maximum Gasteiger partial charge on any atom is 0.573 e. The number of ketones is 1. The number of benzene rings is 1. The van der Waals surface area contributed by atoms with E-state index in [4.69, 9.17) is 0 Å². The first-order valence-electron chi connectivity index (χ1n) is 4.97. The first-order valence-corrected chi connectivity index (χ1v) is 4.97. The van der Waals surface area contributed by atoms with Gasteiger partial charge < -0.3 is 4.74 Å². The molecule has 0 radical (unpaired) electrons. The highest BCUT2D eigenvalue weighted by Gasteiger charge is 2.35. The Balaban J connectivity index is 2.29. The summed E-state index contributed by atoms with van der Waals surface area (Å²) in [7, 11) is 0. The Labute approximate surface area is 94.2 Å². The number of hydrogen-bond donors (Lipinski definition) is 0. The maximum absolute atomic E-state index is 13.6. The smallest absolute Gasteiger partial charge is 0.403 e. The third-order valence-electron chi connectivity index (χ3n) is 2.40. The van der Waals surface area contributed by atoms with Crippen LogP contribution in [0.25, 0.3) is 0 Å². The normalized spacial score (nSPS) is 15.8. The minimum atomic E-state index is -4.97. The second kappa shape index (κ2) is 4.01. The summed E-state index contributed by atoms with van der Waals surface area (Å²) < 4.78 is 52.9. The first-order chi connectivity index (χ1) is 7.88. The molecule has 1 aliphatic carbocycles. The minimum absolute atomic E-state index is 0.259. The lowest BCUT2D eigenvalue weighted by molar-refractivity contribution is -0.275. The molecule has 1 saturated carbocycles. The second-order valence-corrected chi connectivity index (χ2v) is 3.80. The Bertz CT molecular complexity index is 449. The van der Waals surface area contributed by atoms with Gasteiger partial charge in [-0.05, 0) is 25.0 Å². The van der Waals surface area contributed by atoms with Crippen molar-refractivity contribution in [2.45, 2.75) is 19.2 Å². The SMILES string of the molecule is O=C(c1cccc(OC(F)(F)F)c1F)C1CC1. The zero-order valence-corrected chi connectivity index (χ0v) is 8.55. The Hall–Kier alpha value is -1.59. The highest BCUT2D eigenvalue weighted by Crippen LogP contribution is 2.35. The Morgan fingerprint density at radius 1 is 1.29 bits per heavy atom. The average molecular weight is 248 g/mol. The number of hydrogen-bond acceptors (Lipinski definition) is 2. The van der Waals surface area contributed by atoms with Crippen molar-refractivity contribution in [3.8, 4) is 5.75 Å². The molecule has 1 aromatic rings. The van der Waals surface area contributed by atoms with Gasteiger partial charge in [0.25, 0.3) is 0 Å². The molecule has 0 aromatic heterocycles. The van der Waals surface area contributed by atoms with Gasteiger partial charge >= 0.3 is 6.36 Å². The largest absolute Gasteiger partial charge is 0.573 e. The van der Waals surface area contributed by atoms with E-state index in [1.165, 1.54) is 12.1 Å². The molecular formula is C11H8F4O2. The Kier molecular flexibility index (Phi) is 2.81. The van der Waals surface area contributed by atoms with Gasteiger partial charge in [0.2, 0.25) is 0 Å². The Morgan fingerprint density at radius 3 is 2.47 bits per heavy atom. The van der Waals surface area contributed by atoms with E-state index in [2.05, 4.69) is 4.74 Å². The van der Waals surface area contributed by atoms with E-state index in [1.54, 1.807) is 0 Å². The van der Waals surface area contributed by atoms with Crippen LogP contribution in [0.2, 0.25) is 0 Å². The zero-order valence-electron chi connectivity index (χ0n) is 8.55. The zero-order chi connectivity index (χ0) is 12.6. The molecule has 0 aliphatic heterocycles. The van der Waals surface area contributed by atoms with Gasteiger partial charge in [-0.2, -0.15) is 0 Å². The highest BCUT2D eigenvalue weighted by molar-refractivity contribution is 5.99. The van der Waals surface area contributed by atoms with E-state index in [-0.39, 0.29) is 11.5 Å². The monoisotopic (exact) mass is 248 g/mol. The van der Waals surface area contributed by atoms with Crippen molar-refractivity contribution in [1.29, 1.82) is 0 Å². The molecule has 17 heavy (non-hydrogen) atoms. The molecule has 1 aromatic carbocycles. The van der Waals surface area contributed by atoms with Crippen molar-refractivity contribution in [1.82, 2.24) is 0 Å². The van der Waals surface area contributed by atoms with Crippen molar-refractivity contribution in [2.75, 3.05) is 0 Å². The molecule has 0 saturated heterocycles. The summed E-state index contributed by atoms with van der Waals surface area (Å²) in [5, 5.41) is 0. The summed E-state index contributed by atoms with van der Waals surface area (Å²) in [5.41, 5.74) is -0.339. The molecule has 0 amide bonds. The summed E-state index contributed by atoms with van der Waals surface area (Å²) in [6, 6.07) is 3.17. The summed E-state index contributed by atoms with van der Waals surface area (Å²) in [5.74, 6) is -2.94. The molecule has 1 fully saturated rings. The van der Waals surface area contributed by atoms with E-state index in [9.17, 15) is 22.4 Å². The van der Waals surface area contributed by atoms with Crippen molar-refractivity contribution in [3.05, 3.63) is 29.6 Å². The second-order valence-electron chi connectivity index (χ2n) is 3.80.